The molecule has 3 heteroatoms. The van der Waals surface area contributed by atoms with E-state index in [1.807, 2.05) is 18.2 Å². The van der Waals surface area contributed by atoms with Gasteiger partial charge in [-0.2, -0.15) is 0 Å². The summed E-state index contributed by atoms with van der Waals surface area (Å²) in [7, 11) is 0. The lowest BCUT2D eigenvalue weighted by molar-refractivity contribution is 0.478. The molecule has 1 aromatic carbocycles. The molecule has 0 atom stereocenters. The number of hydrogen-bond donors (Lipinski definition) is 1. The van der Waals surface area contributed by atoms with Crippen molar-refractivity contribution in [2.24, 2.45) is 0 Å². The van der Waals surface area contributed by atoms with Gasteiger partial charge in [-0.25, -0.2) is 0 Å². The van der Waals surface area contributed by atoms with E-state index in [0.29, 0.717) is 10.0 Å². The number of rotatable bonds is 4. The summed E-state index contributed by atoms with van der Waals surface area (Å²) in [5.41, 5.74) is 1.09. The minimum atomic E-state index is -0.00199. The summed E-state index contributed by atoms with van der Waals surface area (Å²) >= 11 is 12.2. The Labute approximate surface area is 102 Å². The van der Waals surface area contributed by atoms with Crippen molar-refractivity contribution in [3.8, 4) is 0 Å². The van der Waals surface area contributed by atoms with Crippen molar-refractivity contribution < 1.29 is 0 Å². The maximum atomic E-state index is 6.20. The number of likely N-dealkylation sites (N-methyl/N-ethyl adjacent to an activating group) is 1. The molecule has 0 spiro atoms. The fourth-order valence-electron chi connectivity index (χ4n) is 1.56. The second kappa shape index (κ2) is 5.20. The van der Waals surface area contributed by atoms with Crippen LogP contribution < -0.4 is 5.32 Å². The van der Waals surface area contributed by atoms with Crippen LogP contribution in [0.4, 0.5) is 0 Å². The van der Waals surface area contributed by atoms with Crippen LogP contribution in [0.2, 0.25) is 10.0 Å². The van der Waals surface area contributed by atoms with Crippen molar-refractivity contribution in [1.29, 1.82) is 0 Å². The fraction of sp³-hybridized carbons (Fsp3) is 0.500. The van der Waals surface area contributed by atoms with E-state index in [2.05, 4.69) is 26.1 Å². The Morgan fingerprint density at radius 2 is 1.93 bits per heavy atom. The second-order valence-corrected chi connectivity index (χ2v) is 5.05. The van der Waals surface area contributed by atoms with E-state index in [9.17, 15) is 0 Å². The molecule has 0 aromatic heterocycles. The standard InChI is InChI=1S/C12H17Cl2N/c1-4-15-8-12(2,3)9-6-5-7-10(13)11(9)14/h5-7,15H,4,8H2,1-3H3. The van der Waals surface area contributed by atoms with E-state index in [0.717, 1.165) is 18.7 Å². The van der Waals surface area contributed by atoms with E-state index in [1.165, 1.54) is 0 Å². The van der Waals surface area contributed by atoms with Gasteiger partial charge in [0.05, 0.1) is 10.0 Å². The molecule has 0 saturated heterocycles. The molecule has 84 valence electrons. The van der Waals surface area contributed by atoms with Gasteiger partial charge in [0.2, 0.25) is 0 Å². The zero-order valence-electron chi connectivity index (χ0n) is 9.40. The van der Waals surface area contributed by atoms with E-state index < -0.39 is 0 Å². The van der Waals surface area contributed by atoms with Gasteiger partial charge in [-0.1, -0.05) is 56.1 Å². The number of nitrogens with one attached hydrogen (secondary N) is 1. The third kappa shape index (κ3) is 3.10. The van der Waals surface area contributed by atoms with Crippen LogP contribution in [0, 0.1) is 0 Å². The minimum absolute atomic E-state index is 0.00199. The Balaban J connectivity index is 2.98. The Bertz CT molecular complexity index is 334. The third-order valence-electron chi connectivity index (χ3n) is 2.50. The summed E-state index contributed by atoms with van der Waals surface area (Å²) in [5, 5.41) is 4.62. The largest absolute Gasteiger partial charge is 0.316 e. The third-order valence-corrected chi connectivity index (χ3v) is 3.32. The van der Waals surface area contributed by atoms with Crippen LogP contribution >= 0.6 is 23.2 Å². The molecule has 0 aliphatic carbocycles. The van der Waals surface area contributed by atoms with Crippen LogP contribution in [-0.2, 0) is 5.41 Å². The van der Waals surface area contributed by atoms with Gasteiger partial charge in [-0.3, -0.25) is 0 Å². The monoisotopic (exact) mass is 245 g/mol. The van der Waals surface area contributed by atoms with Gasteiger partial charge in [-0.15, -0.1) is 0 Å². The maximum absolute atomic E-state index is 6.20. The van der Waals surface area contributed by atoms with Crippen LogP contribution in [0.25, 0.3) is 0 Å². The SMILES string of the molecule is CCNCC(C)(C)c1cccc(Cl)c1Cl. The zero-order chi connectivity index (χ0) is 11.5. The second-order valence-electron chi connectivity index (χ2n) is 4.27. The van der Waals surface area contributed by atoms with E-state index >= 15 is 0 Å². The van der Waals surface area contributed by atoms with Gasteiger partial charge in [0.15, 0.2) is 0 Å². The van der Waals surface area contributed by atoms with Crippen LogP contribution in [-0.4, -0.2) is 13.1 Å². The Kier molecular flexibility index (Phi) is 4.45. The minimum Gasteiger partial charge on any atom is -0.316 e. The first-order valence-corrected chi connectivity index (χ1v) is 5.90. The molecular weight excluding hydrogens is 229 g/mol. The molecule has 1 N–H and O–H groups in total. The molecular formula is C12H17Cl2N. The lowest BCUT2D eigenvalue weighted by Crippen LogP contribution is -2.33. The van der Waals surface area contributed by atoms with Gasteiger partial charge in [0, 0.05) is 12.0 Å². The van der Waals surface area contributed by atoms with E-state index in [-0.39, 0.29) is 5.41 Å². The predicted molar refractivity (Wildman–Crippen MR) is 68.0 cm³/mol. The van der Waals surface area contributed by atoms with E-state index in [4.69, 9.17) is 23.2 Å². The lowest BCUT2D eigenvalue weighted by atomic mass is 9.84. The van der Waals surface area contributed by atoms with Crippen molar-refractivity contribution >= 4 is 23.2 Å². The molecule has 0 unspecified atom stereocenters. The molecule has 0 bridgehead atoms. The quantitative estimate of drug-likeness (QED) is 0.850. The average Bonchev–Trinajstić information content (AvgIpc) is 2.19. The van der Waals surface area contributed by atoms with Crippen LogP contribution in [0.1, 0.15) is 26.3 Å². The van der Waals surface area contributed by atoms with Gasteiger partial charge in [0.25, 0.3) is 0 Å². The molecule has 1 nitrogen and oxygen atoms in total. The Morgan fingerprint density at radius 3 is 2.53 bits per heavy atom. The van der Waals surface area contributed by atoms with Crippen molar-refractivity contribution in [2.45, 2.75) is 26.2 Å². The first-order chi connectivity index (χ1) is 6.99. The van der Waals surface area contributed by atoms with Crippen LogP contribution in [0.3, 0.4) is 0 Å². The van der Waals surface area contributed by atoms with Gasteiger partial charge >= 0.3 is 0 Å². The first kappa shape index (κ1) is 12.8. The Hall–Kier alpha value is -0.240. The highest BCUT2D eigenvalue weighted by atomic mass is 35.5. The summed E-state index contributed by atoms with van der Waals surface area (Å²) in [5.74, 6) is 0. The molecule has 0 radical (unpaired) electrons. The van der Waals surface area contributed by atoms with Crippen molar-refractivity contribution in [2.75, 3.05) is 13.1 Å². The molecule has 0 fully saturated rings. The lowest BCUT2D eigenvalue weighted by Gasteiger charge is -2.26. The van der Waals surface area contributed by atoms with Crippen molar-refractivity contribution in [1.82, 2.24) is 5.32 Å². The fourth-order valence-corrected chi connectivity index (χ4v) is 2.12. The topological polar surface area (TPSA) is 12.0 Å². The van der Waals surface area contributed by atoms with Gasteiger partial charge in [0.1, 0.15) is 0 Å². The summed E-state index contributed by atoms with van der Waals surface area (Å²) in [4.78, 5) is 0. The summed E-state index contributed by atoms with van der Waals surface area (Å²) in [6, 6.07) is 5.79. The zero-order valence-corrected chi connectivity index (χ0v) is 10.9. The van der Waals surface area contributed by atoms with Crippen LogP contribution in [0.15, 0.2) is 18.2 Å². The number of benzene rings is 1. The molecule has 0 heterocycles. The number of hydrogen-bond acceptors (Lipinski definition) is 1. The smallest absolute Gasteiger partial charge is 0.0630 e. The first-order valence-electron chi connectivity index (χ1n) is 5.14. The van der Waals surface area contributed by atoms with Crippen molar-refractivity contribution in [3.63, 3.8) is 0 Å². The molecule has 1 aromatic rings. The summed E-state index contributed by atoms with van der Waals surface area (Å²) in [6.45, 7) is 8.27. The Morgan fingerprint density at radius 1 is 1.27 bits per heavy atom. The highest BCUT2D eigenvalue weighted by Crippen LogP contribution is 2.33. The molecule has 0 amide bonds. The van der Waals surface area contributed by atoms with Crippen molar-refractivity contribution in [3.05, 3.63) is 33.8 Å². The van der Waals surface area contributed by atoms with E-state index in [1.54, 1.807) is 0 Å². The van der Waals surface area contributed by atoms with Gasteiger partial charge < -0.3 is 5.32 Å². The molecule has 15 heavy (non-hydrogen) atoms. The molecule has 1 rings (SSSR count). The summed E-state index contributed by atoms with van der Waals surface area (Å²) < 4.78 is 0. The highest BCUT2D eigenvalue weighted by molar-refractivity contribution is 6.42. The van der Waals surface area contributed by atoms with Crippen LogP contribution in [0.5, 0.6) is 0 Å². The average molecular weight is 246 g/mol. The molecule has 0 aliphatic heterocycles. The highest BCUT2D eigenvalue weighted by Gasteiger charge is 2.23. The summed E-state index contributed by atoms with van der Waals surface area (Å²) in [6.07, 6.45) is 0. The number of halogens is 2. The van der Waals surface area contributed by atoms with Gasteiger partial charge in [-0.05, 0) is 18.2 Å². The molecule has 0 aliphatic rings. The maximum Gasteiger partial charge on any atom is 0.0630 e. The molecule has 0 saturated carbocycles. The predicted octanol–water partition coefficient (Wildman–Crippen LogP) is 3.88. The normalized spacial score (nSPS) is 11.8.